The third kappa shape index (κ3) is 2.11. The van der Waals surface area contributed by atoms with Gasteiger partial charge in [-0.15, -0.1) is 0 Å². The molecule has 0 N–H and O–H groups in total. The smallest absolute Gasteiger partial charge is 0.283 e. The van der Waals surface area contributed by atoms with Crippen molar-refractivity contribution < 1.29 is 0 Å². The molecule has 2 rings (SSSR count). The number of benzene rings is 1. The number of nitrogens with zero attached hydrogens (tertiary/aromatic N) is 2. The first-order valence-corrected chi connectivity index (χ1v) is 7.14. The third-order valence-corrected chi connectivity index (χ3v) is 4.18. The van der Waals surface area contributed by atoms with Crippen LogP contribution in [0, 0.1) is 0 Å². The van der Waals surface area contributed by atoms with Crippen molar-refractivity contribution in [1.29, 1.82) is 0 Å². The molecule has 0 fully saturated rings. The first-order chi connectivity index (χ1) is 8.07. The molecule has 0 saturated carbocycles. The maximum Gasteiger partial charge on any atom is 0.286 e. The lowest BCUT2D eigenvalue weighted by Gasteiger charge is -2.10. The van der Waals surface area contributed by atoms with Crippen LogP contribution in [0.3, 0.4) is 0 Å². The molecule has 0 saturated heterocycles. The van der Waals surface area contributed by atoms with Crippen LogP contribution in [-0.4, -0.2) is 9.36 Å². The molecule has 6 heteroatoms. The van der Waals surface area contributed by atoms with Crippen LogP contribution in [0.4, 0.5) is 0 Å². The van der Waals surface area contributed by atoms with Crippen molar-refractivity contribution in [2.75, 3.05) is 0 Å². The highest BCUT2D eigenvalue weighted by Gasteiger charge is 2.17. The molecule has 90 valence electrons. The van der Waals surface area contributed by atoms with E-state index < -0.39 is 0 Å². The van der Waals surface area contributed by atoms with Crippen molar-refractivity contribution in [3.8, 4) is 5.69 Å². The van der Waals surface area contributed by atoms with Crippen LogP contribution in [0.1, 0.15) is 5.69 Å². The summed E-state index contributed by atoms with van der Waals surface area (Å²) < 4.78 is 3.88. The van der Waals surface area contributed by atoms with Crippen LogP contribution in [0.25, 0.3) is 5.69 Å². The average Bonchev–Trinajstić information content (AvgIpc) is 2.52. The highest BCUT2D eigenvalue weighted by molar-refractivity contribution is 9.10. The minimum absolute atomic E-state index is 0.116. The summed E-state index contributed by atoms with van der Waals surface area (Å²) in [6, 6.07) is 7.26. The number of rotatable bonds is 2. The predicted octanol–water partition coefficient (Wildman–Crippen LogP) is 3.49. The van der Waals surface area contributed by atoms with Gasteiger partial charge in [-0.1, -0.05) is 39.7 Å². The molecule has 17 heavy (non-hydrogen) atoms. The van der Waals surface area contributed by atoms with E-state index in [1.807, 2.05) is 25.2 Å². The number of alkyl halides is 1. The average molecular weight is 380 g/mol. The van der Waals surface area contributed by atoms with Crippen molar-refractivity contribution in [1.82, 2.24) is 9.36 Å². The van der Waals surface area contributed by atoms with Gasteiger partial charge in [0.25, 0.3) is 5.56 Å². The van der Waals surface area contributed by atoms with Crippen LogP contribution in [0.5, 0.6) is 0 Å². The molecule has 0 radical (unpaired) electrons. The fraction of sp³-hybridized carbons (Fsp3) is 0.182. The summed E-state index contributed by atoms with van der Waals surface area (Å²) in [6.45, 7) is 0. The van der Waals surface area contributed by atoms with Gasteiger partial charge in [-0.05, 0) is 28.1 Å². The Balaban J connectivity index is 2.78. The molecule has 0 aliphatic carbocycles. The lowest BCUT2D eigenvalue weighted by Crippen LogP contribution is -2.20. The summed E-state index contributed by atoms with van der Waals surface area (Å²) in [7, 11) is 1.83. The highest BCUT2D eigenvalue weighted by Crippen LogP contribution is 2.22. The van der Waals surface area contributed by atoms with Crippen LogP contribution >= 0.6 is 43.5 Å². The number of halogens is 3. The molecule has 1 aromatic carbocycles. The number of para-hydroxylation sites is 1. The summed E-state index contributed by atoms with van der Waals surface area (Å²) in [5.74, 6) is 0. The Hall–Kier alpha value is -0.520. The Bertz CT molecular complexity index is 618. The van der Waals surface area contributed by atoms with Gasteiger partial charge in [0.15, 0.2) is 0 Å². The normalized spacial score (nSPS) is 10.8. The first-order valence-electron chi connectivity index (χ1n) is 4.85. The molecule has 0 aliphatic heterocycles. The van der Waals surface area contributed by atoms with Crippen LogP contribution < -0.4 is 5.56 Å². The lowest BCUT2D eigenvalue weighted by atomic mass is 10.3. The largest absolute Gasteiger partial charge is 0.286 e. The summed E-state index contributed by atoms with van der Waals surface area (Å²) in [4.78, 5) is 12.1. The Labute approximate surface area is 120 Å². The summed E-state index contributed by atoms with van der Waals surface area (Å²) in [5, 5.41) is 1.14. The predicted molar refractivity (Wildman–Crippen MR) is 76.4 cm³/mol. The van der Waals surface area contributed by atoms with E-state index in [9.17, 15) is 4.79 Å². The molecule has 1 heterocycles. The number of aromatic nitrogens is 2. The second-order valence-electron chi connectivity index (χ2n) is 3.49. The van der Waals surface area contributed by atoms with E-state index in [1.165, 1.54) is 0 Å². The summed E-state index contributed by atoms with van der Waals surface area (Å²) >= 11 is 12.8. The molecule has 0 spiro atoms. The third-order valence-electron chi connectivity index (χ3n) is 2.53. The monoisotopic (exact) mass is 378 g/mol. The van der Waals surface area contributed by atoms with Gasteiger partial charge in [-0.2, -0.15) is 0 Å². The Morgan fingerprint density at radius 2 is 2.00 bits per heavy atom. The first kappa shape index (κ1) is 12.9. The van der Waals surface area contributed by atoms with E-state index >= 15 is 0 Å². The number of hydrogen-bond acceptors (Lipinski definition) is 1. The second kappa shape index (κ2) is 5.00. The Kier molecular flexibility index (Phi) is 3.80. The maximum atomic E-state index is 12.1. The van der Waals surface area contributed by atoms with Crippen molar-refractivity contribution in [2.45, 2.75) is 5.33 Å². The van der Waals surface area contributed by atoms with Crippen LogP contribution in [0.2, 0.25) is 5.02 Å². The van der Waals surface area contributed by atoms with Gasteiger partial charge < -0.3 is 0 Å². The SMILES string of the molecule is Cn1c(CBr)c(Br)c(=O)n1-c1ccccc1Cl. The van der Waals surface area contributed by atoms with Gasteiger partial charge in [-0.3, -0.25) is 9.48 Å². The summed E-state index contributed by atoms with van der Waals surface area (Å²) in [6.07, 6.45) is 0. The minimum atomic E-state index is -0.116. The van der Waals surface area contributed by atoms with E-state index in [0.717, 1.165) is 5.69 Å². The molecule has 0 atom stereocenters. The van der Waals surface area contributed by atoms with Gasteiger partial charge >= 0.3 is 0 Å². The quantitative estimate of drug-likeness (QED) is 0.733. The Morgan fingerprint density at radius 1 is 1.35 bits per heavy atom. The zero-order chi connectivity index (χ0) is 12.6. The second-order valence-corrected chi connectivity index (χ2v) is 5.25. The zero-order valence-electron chi connectivity index (χ0n) is 8.95. The van der Waals surface area contributed by atoms with Crippen molar-refractivity contribution in [2.24, 2.45) is 7.05 Å². The van der Waals surface area contributed by atoms with E-state index in [2.05, 4.69) is 31.9 Å². The molecular formula is C11H9Br2ClN2O. The molecule has 0 aliphatic rings. The van der Waals surface area contributed by atoms with E-state index in [-0.39, 0.29) is 5.56 Å². The molecule has 1 aromatic heterocycles. The molecule has 0 amide bonds. The molecule has 2 aromatic rings. The minimum Gasteiger partial charge on any atom is -0.283 e. The lowest BCUT2D eigenvalue weighted by molar-refractivity contribution is 0.628. The molecule has 3 nitrogen and oxygen atoms in total. The topological polar surface area (TPSA) is 26.9 Å². The highest BCUT2D eigenvalue weighted by atomic mass is 79.9. The molecule has 0 unspecified atom stereocenters. The summed E-state index contributed by atoms with van der Waals surface area (Å²) in [5.41, 5.74) is 1.43. The Morgan fingerprint density at radius 3 is 2.53 bits per heavy atom. The van der Waals surface area contributed by atoms with Crippen LogP contribution in [0.15, 0.2) is 33.5 Å². The van der Waals surface area contributed by atoms with Crippen molar-refractivity contribution >= 4 is 43.5 Å². The fourth-order valence-electron chi connectivity index (χ4n) is 1.66. The van der Waals surface area contributed by atoms with Gasteiger partial charge in [-0.25, -0.2) is 4.68 Å². The van der Waals surface area contributed by atoms with Gasteiger partial charge in [0.05, 0.1) is 16.4 Å². The zero-order valence-corrected chi connectivity index (χ0v) is 12.9. The fourth-order valence-corrected chi connectivity index (χ4v) is 3.46. The van der Waals surface area contributed by atoms with Crippen LogP contribution in [-0.2, 0) is 12.4 Å². The maximum absolute atomic E-state index is 12.1. The van der Waals surface area contributed by atoms with Gasteiger partial charge in [0.1, 0.15) is 4.47 Å². The standard InChI is InChI=1S/C11H9Br2ClN2O/c1-15-9(6-12)10(13)11(17)16(15)8-5-3-2-4-7(8)14/h2-5H,6H2,1H3. The molecule has 0 bridgehead atoms. The van der Waals surface area contributed by atoms with E-state index in [0.29, 0.717) is 20.5 Å². The van der Waals surface area contributed by atoms with Gasteiger partial charge in [0, 0.05) is 12.4 Å². The number of hydrogen-bond donors (Lipinski definition) is 0. The molecular weight excluding hydrogens is 371 g/mol. The van der Waals surface area contributed by atoms with Crippen molar-refractivity contribution in [3.63, 3.8) is 0 Å². The van der Waals surface area contributed by atoms with Crippen molar-refractivity contribution in [3.05, 3.63) is 49.8 Å². The van der Waals surface area contributed by atoms with Gasteiger partial charge in [0.2, 0.25) is 0 Å². The van der Waals surface area contributed by atoms with E-state index in [4.69, 9.17) is 11.6 Å². The van der Waals surface area contributed by atoms with E-state index in [1.54, 1.807) is 15.4 Å².